The minimum atomic E-state index is 0.402. The van der Waals surface area contributed by atoms with Crippen molar-refractivity contribution < 1.29 is 4.79 Å². The van der Waals surface area contributed by atoms with E-state index in [0.717, 1.165) is 37.4 Å². The van der Waals surface area contributed by atoms with Crippen LogP contribution >= 0.6 is 0 Å². The van der Waals surface area contributed by atoms with Gasteiger partial charge < -0.3 is 0 Å². The Morgan fingerprint density at radius 2 is 2.25 bits per heavy atom. The summed E-state index contributed by atoms with van der Waals surface area (Å²) in [7, 11) is 0. The summed E-state index contributed by atoms with van der Waals surface area (Å²) in [6.07, 6.45) is 10.2. The van der Waals surface area contributed by atoms with Gasteiger partial charge in [0.25, 0.3) is 0 Å². The highest BCUT2D eigenvalue weighted by molar-refractivity contribution is 5.95. The molecule has 2 rings (SSSR count). The number of carbonyl (C=O) groups is 1. The summed E-state index contributed by atoms with van der Waals surface area (Å²) in [6, 6.07) is 0.719. The van der Waals surface area contributed by atoms with Crippen LogP contribution in [0.4, 0.5) is 0 Å². The molecule has 0 aromatic carbocycles. The predicted octanol–water partition coefficient (Wildman–Crippen LogP) is 2.93. The summed E-state index contributed by atoms with van der Waals surface area (Å²) in [5, 5.41) is 0. The molecular weight excluding hydrogens is 198 g/mol. The zero-order valence-electron chi connectivity index (χ0n) is 10.4. The van der Waals surface area contributed by atoms with Crippen molar-refractivity contribution in [3.63, 3.8) is 0 Å². The number of nitrogens with zero attached hydrogens (tertiary/aromatic N) is 1. The Labute approximate surface area is 98.7 Å². The van der Waals surface area contributed by atoms with Gasteiger partial charge in [-0.2, -0.15) is 0 Å². The van der Waals surface area contributed by atoms with Crippen molar-refractivity contribution in [2.75, 3.05) is 13.1 Å². The molecule has 1 fully saturated rings. The van der Waals surface area contributed by atoms with Gasteiger partial charge in [-0.25, -0.2) is 0 Å². The van der Waals surface area contributed by atoms with Crippen LogP contribution < -0.4 is 0 Å². The zero-order valence-corrected chi connectivity index (χ0v) is 10.4. The maximum atomic E-state index is 11.9. The van der Waals surface area contributed by atoms with Gasteiger partial charge in [0.05, 0.1) is 0 Å². The topological polar surface area (TPSA) is 20.3 Å². The Hall–Kier alpha value is -0.630. The first-order valence-corrected chi connectivity index (χ1v) is 6.77. The summed E-state index contributed by atoms with van der Waals surface area (Å²) >= 11 is 0. The normalized spacial score (nSPS) is 27.9. The fourth-order valence-corrected chi connectivity index (χ4v) is 2.92. The molecule has 0 N–H and O–H groups in total. The number of ketones is 1. The van der Waals surface area contributed by atoms with Gasteiger partial charge in [-0.15, -0.1) is 0 Å². The van der Waals surface area contributed by atoms with E-state index in [0.29, 0.717) is 5.78 Å². The molecule has 1 atom stereocenters. The lowest BCUT2D eigenvalue weighted by atomic mass is 10.1. The number of hydrogen-bond donors (Lipinski definition) is 0. The van der Waals surface area contributed by atoms with Gasteiger partial charge in [0.15, 0.2) is 5.78 Å². The molecule has 90 valence electrons. The van der Waals surface area contributed by atoms with Crippen LogP contribution in [0.2, 0.25) is 0 Å². The quantitative estimate of drug-likeness (QED) is 0.730. The molecular formula is C14H23NO. The van der Waals surface area contributed by atoms with Crippen LogP contribution in [0.5, 0.6) is 0 Å². The highest BCUT2D eigenvalue weighted by Crippen LogP contribution is 2.23. The molecule has 1 aliphatic heterocycles. The molecule has 0 amide bonds. The summed E-state index contributed by atoms with van der Waals surface area (Å²) in [4.78, 5) is 14.4. The Morgan fingerprint density at radius 3 is 3.06 bits per heavy atom. The average Bonchev–Trinajstić information content (AvgIpc) is 2.64. The highest BCUT2D eigenvalue weighted by atomic mass is 16.1. The third-order valence-electron chi connectivity index (χ3n) is 3.95. The largest absolute Gasteiger partial charge is 0.296 e. The summed E-state index contributed by atoms with van der Waals surface area (Å²) < 4.78 is 0. The van der Waals surface area contributed by atoms with Crippen LogP contribution in [0.15, 0.2) is 11.6 Å². The molecule has 16 heavy (non-hydrogen) atoms. The van der Waals surface area contributed by atoms with Gasteiger partial charge in [-0.05, 0) is 45.1 Å². The Kier molecular flexibility index (Phi) is 4.16. The lowest BCUT2D eigenvalue weighted by Crippen LogP contribution is -2.32. The van der Waals surface area contributed by atoms with E-state index < -0.39 is 0 Å². The number of carbonyl (C=O) groups excluding carboxylic acids is 1. The second-order valence-electron chi connectivity index (χ2n) is 5.07. The fourth-order valence-electron chi connectivity index (χ4n) is 2.92. The summed E-state index contributed by atoms with van der Waals surface area (Å²) in [5.41, 5.74) is 1.10. The van der Waals surface area contributed by atoms with Gasteiger partial charge in [-0.3, -0.25) is 9.69 Å². The van der Waals surface area contributed by atoms with Crippen molar-refractivity contribution in [2.45, 2.75) is 57.9 Å². The molecule has 0 radical (unpaired) electrons. The Balaban J connectivity index is 1.96. The maximum absolute atomic E-state index is 11.9. The molecule has 1 heterocycles. The van der Waals surface area contributed by atoms with Crippen molar-refractivity contribution in [3.05, 3.63) is 11.6 Å². The lowest BCUT2D eigenvalue weighted by Gasteiger charge is -2.24. The van der Waals surface area contributed by atoms with Gasteiger partial charge >= 0.3 is 0 Å². The SMILES string of the molecule is CC[C@@H]1CCCN1CC1=CCCCCC1=O. The van der Waals surface area contributed by atoms with Crippen LogP contribution in [-0.2, 0) is 4.79 Å². The number of likely N-dealkylation sites (tertiary alicyclic amines) is 1. The van der Waals surface area contributed by atoms with Crippen LogP contribution in [-0.4, -0.2) is 29.8 Å². The van der Waals surface area contributed by atoms with Crippen LogP contribution in [0.25, 0.3) is 0 Å². The van der Waals surface area contributed by atoms with Crippen molar-refractivity contribution in [1.82, 2.24) is 4.90 Å². The fraction of sp³-hybridized carbons (Fsp3) is 0.786. The first-order chi connectivity index (χ1) is 7.81. The molecule has 0 bridgehead atoms. The van der Waals surface area contributed by atoms with E-state index in [1.807, 2.05) is 0 Å². The summed E-state index contributed by atoms with van der Waals surface area (Å²) in [6.45, 7) is 4.35. The molecule has 2 nitrogen and oxygen atoms in total. The standard InChI is InChI=1S/C14H23NO/c1-2-13-8-6-10-15(13)11-12-7-4-3-5-9-14(12)16/h7,13H,2-6,8-11H2,1H3/t13-/m1/s1. The minimum absolute atomic E-state index is 0.402. The lowest BCUT2D eigenvalue weighted by molar-refractivity contribution is -0.115. The molecule has 2 aliphatic rings. The van der Waals surface area contributed by atoms with Gasteiger partial charge in [0, 0.05) is 24.6 Å². The Morgan fingerprint density at radius 1 is 1.38 bits per heavy atom. The molecule has 0 spiro atoms. The molecule has 0 unspecified atom stereocenters. The van der Waals surface area contributed by atoms with E-state index in [4.69, 9.17) is 0 Å². The number of allylic oxidation sites excluding steroid dienone is 1. The molecule has 2 heteroatoms. The van der Waals surface area contributed by atoms with Crippen molar-refractivity contribution in [1.29, 1.82) is 0 Å². The van der Waals surface area contributed by atoms with Crippen molar-refractivity contribution >= 4 is 5.78 Å². The number of Topliss-reactive ketones (excluding diaryl/α,β-unsaturated/α-hetero) is 1. The van der Waals surface area contributed by atoms with Crippen LogP contribution in [0.3, 0.4) is 0 Å². The third kappa shape index (κ3) is 2.73. The van der Waals surface area contributed by atoms with Gasteiger partial charge in [0.2, 0.25) is 0 Å². The molecule has 1 aliphatic carbocycles. The number of rotatable bonds is 3. The Bertz CT molecular complexity index is 282. The monoisotopic (exact) mass is 221 g/mol. The maximum Gasteiger partial charge on any atom is 0.159 e. The van der Waals surface area contributed by atoms with E-state index in [-0.39, 0.29) is 0 Å². The molecule has 0 aromatic rings. The second-order valence-corrected chi connectivity index (χ2v) is 5.07. The van der Waals surface area contributed by atoms with Crippen molar-refractivity contribution in [3.8, 4) is 0 Å². The van der Waals surface area contributed by atoms with E-state index in [1.165, 1.54) is 32.2 Å². The highest BCUT2D eigenvalue weighted by Gasteiger charge is 2.25. The molecule has 1 saturated heterocycles. The number of hydrogen-bond acceptors (Lipinski definition) is 2. The smallest absolute Gasteiger partial charge is 0.159 e. The first kappa shape index (κ1) is 11.8. The molecule has 0 saturated carbocycles. The van der Waals surface area contributed by atoms with E-state index in [2.05, 4.69) is 17.9 Å². The predicted molar refractivity (Wildman–Crippen MR) is 66.4 cm³/mol. The first-order valence-electron chi connectivity index (χ1n) is 6.77. The second kappa shape index (κ2) is 5.62. The van der Waals surface area contributed by atoms with E-state index in [9.17, 15) is 4.79 Å². The molecule has 0 aromatic heterocycles. The third-order valence-corrected chi connectivity index (χ3v) is 3.95. The average molecular weight is 221 g/mol. The van der Waals surface area contributed by atoms with E-state index >= 15 is 0 Å². The van der Waals surface area contributed by atoms with Gasteiger partial charge in [0.1, 0.15) is 0 Å². The summed E-state index contributed by atoms with van der Waals surface area (Å²) in [5.74, 6) is 0.402. The zero-order chi connectivity index (χ0) is 11.4. The van der Waals surface area contributed by atoms with Crippen molar-refractivity contribution in [2.24, 2.45) is 0 Å². The van der Waals surface area contributed by atoms with E-state index in [1.54, 1.807) is 0 Å². The van der Waals surface area contributed by atoms with Crippen LogP contribution in [0.1, 0.15) is 51.9 Å². The minimum Gasteiger partial charge on any atom is -0.296 e. The van der Waals surface area contributed by atoms with Crippen LogP contribution in [0, 0.1) is 0 Å². The van der Waals surface area contributed by atoms with Gasteiger partial charge in [-0.1, -0.05) is 13.0 Å².